The average molecular weight is 292 g/mol. The number of anilines is 2. The highest BCUT2D eigenvalue weighted by molar-refractivity contribution is 6.06. The largest absolute Gasteiger partial charge is 0.279 e. The second-order valence-corrected chi connectivity index (χ2v) is 5.34. The molecular weight excluding hydrogens is 272 g/mol. The highest BCUT2D eigenvalue weighted by atomic mass is 15.3. The molecule has 0 amide bonds. The van der Waals surface area contributed by atoms with Gasteiger partial charge in [0.25, 0.3) is 0 Å². The van der Waals surface area contributed by atoms with Gasteiger partial charge in [0, 0.05) is 17.8 Å². The van der Waals surface area contributed by atoms with E-state index in [-0.39, 0.29) is 0 Å². The first-order chi connectivity index (χ1) is 10.9. The van der Waals surface area contributed by atoms with Crippen molar-refractivity contribution in [1.82, 2.24) is 0 Å². The molecule has 4 heteroatoms. The van der Waals surface area contributed by atoms with Crippen molar-refractivity contribution in [3.05, 3.63) is 60.7 Å². The second-order valence-electron chi connectivity index (χ2n) is 5.34. The van der Waals surface area contributed by atoms with Crippen molar-refractivity contribution in [2.45, 2.75) is 25.7 Å². The quantitative estimate of drug-likeness (QED) is 0.815. The second kappa shape index (κ2) is 7.41. The van der Waals surface area contributed by atoms with Crippen LogP contribution in [0.15, 0.2) is 70.9 Å². The Hall–Kier alpha value is -2.62. The fourth-order valence-electron chi connectivity index (χ4n) is 2.41. The van der Waals surface area contributed by atoms with Crippen LogP contribution in [0, 0.1) is 0 Å². The third-order valence-electron chi connectivity index (χ3n) is 3.57. The van der Waals surface area contributed by atoms with Gasteiger partial charge in [-0.15, -0.1) is 0 Å². The summed E-state index contributed by atoms with van der Waals surface area (Å²) in [5.41, 5.74) is 10.6. The van der Waals surface area contributed by atoms with Crippen LogP contribution in [-0.2, 0) is 0 Å². The summed E-state index contributed by atoms with van der Waals surface area (Å²) in [6.45, 7) is 0. The molecule has 3 rings (SSSR count). The lowest BCUT2D eigenvalue weighted by Gasteiger charge is -2.15. The molecule has 0 aliphatic heterocycles. The summed E-state index contributed by atoms with van der Waals surface area (Å²) >= 11 is 0. The van der Waals surface area contributed by atoms with E-state index < -0.39 is 0 Å². The Morgan fingerprint density at radius 3 is 1.55 bits per heavy atom. The van der Waals surface area contributed by atoms with Crippen molar-refractivity contribution in [2.24, 2.45) is 10.2 Å². The van der Waals surface area contributed by atoms with E-state index in [1.807, 2.05) is 60.7 Å². The maximum absolute atomic E-state index is 4.52. The minimum Gasteiger partial charge on any atom is -0.279 e. The molecule has 2 aromatic carbocycles. The predicted molar refractivity (Wildman–Crippen MR) is 93.5 cm³/mol. The van der Waals surface area contributed by atoms with E-state index in [0.29, 0.717) is 0 Å². The van der Waals surface area contributed by atoms with E-state index in [1.165, 1.54) is 0 Å². The summed E-state index contributed by atoms with van der Waals surface area (Å²) < 4.78 is 0. The van der Waals surface area contributed by atoms with Crippen LogP contribution >= 0.6 is 0 Å². The van der Waals surface area contributed by atoms with Crippen LogP contribution in [0.3, 0.4) is 0 Å². The number of benzene rings is 2. The Labute approximate surface area is 131 Å². The van der Waals surface area contributed by atoms with Gasteiger partial charge in [0.2, 0.25) is 0 Å². The maximum Gasteiger partial charge on any atom is 0.0561 e. The molecule has 0 radical (unpaired) electrons. The van der Waals surface area contributed by atoms with E-state index >= 15 is 0 Å². The van der Waals surface area contributed by atoms with Crippen LogP contribution in [0.25, 0.3) is 0 Å². The molecule has 0 bridgehead atoms. The van der Waals surface area contributed by atoms with Crippen LogP contribution in [0.2, 0.25) is 0 Å². The molecule has 0 atom stereocenters. The molecule has 2 aromatic rings. The normalized spacial score (nSPS) is 18.4. The van der Waals surface area contributed by atoms with E-state index in [9.17, 15) is 0 Å². The van der Waals surface area contributed by atoms with Gasteiger partial charge in [0.15, 0.2) is 0 Å². The Morgan fingerprint density at radius 2 is 1.09 bits per heavy atom. The molecule has 1 fully saturated rings. The number of para-hydroxylation sites is 2. The molecule has 1 saturated carbocycles. The lowest BCUT2D eigenvalue weighted by molar-refractivity contribution is 0.867. The minimum absolute atomic E-state index is 0.833. The van der Waals surface area contributed by atoms with Crippen LogP contribution in [0.4, 0.5) is 11.4 Å². The van der Waals surface area contributed by atoms with Crippen LogP contribution < -0.4 is 10.9 Å². The van der Waals surface area contributed by atoms with Gasteiger partial charge in [-0.05, 0) is 43.5 Å². The zero-order valence-electron chi connectivity index (χ0n) is 12.5. The molecule has 0 heterocycles. The number of hydrogen-bond donors (Lipinski definition) is 2. The minimum atomic E-state index is 0.833. The number of rotatable bonds is 4. The topological polar surface area (TPSA) is 48.8 Å². The monoisotopic (exact) mass is 292 g/mol. The zero-order chi connectivity index (χ0) is 15.0. The molecule has 0 unspecified atom stereocenters. The molecule has 112 valence electrons. The van der Waals surface area contributed by atoms with Gasteiger partial charge in [0.05, 0.1) is 11.4 Å². The van der Waals surface area contributed by atoms with Gasteiger partial charge < -0.3 is 0 Å². The molecule has 2 N–H and O–H groups in total. The molecular formula is C18H20N4. The molecule has 4 nitrogen and oxygen atoms in total. The Kier molecular flexibility index (Phi) is 4.82. The number of hydrogen-bond acceptors (Lipinski definition) is 4. The Morgan fingerprint density at radius 1 is 0.636 bits per heavy atom. The smallest absolute Gasteiger partial charge is 0.0561 e. The Balaban J connectivity index is 1.59. The van der Waals surface area contributed by atoms with E-state index in [2.05, 4.69) is 21.1 Å². The van der Waals surface area contributed by atoms with Gasteiger partial charge in [-0.3, -0.25) is 10.9 Å². The summed E-state index contributed by atoms with van der Waals surface area (Å²) in [6, 6.07) is 20.0. The lowest BCUT2D eigenvalue weighted by atomic mass is 9.97. The van der Waals surface area contributed by atoms with E-state index in [0.717, 1.165) is 48.5 Å². The first-order valence-corrected chi connectivity index (χ1v) is 7.63. The van der Waals surface area contributed by atoms with Crippen molar-refractivity contribution in [2.75, 3.05) is 10.9 Å². The highest BCUT2D eigenvalue weighted by Gasteiger charge is 2.13. The van der Waals surface area contributed by atoms with Gasteiger partial charge in [-0.2, -0.15) is 10.2 Å². The number of nitrogens with one attached hydrogen (secondary N) is 2. The van der Waals surface area contributed by atoms with Crippen molar-refractivity contribution < 1.29 is 0 Å². The molecule has 1 aliphatic carbocycles. The zero-order valence-corrected chi connectivity index (χ0v) is 12.5. The summed E-state index contributed by atoms with van der Waals surface area (Å²) in [5.74, 6) is 0. The molecule has 0 aromatic heterocycles. The maximum atomic E-state index is 4.52. The van der Waals surface area contributed by atoms with Gasteiger partial charge in [-0.25, -0.2) is 0 Å². The standard InChI is InChI=1S/C18H20N4/c1-3-8-15(9-4-1)19-21-17-12-7-13-18(14-17)22-20-16-10-5-2-6-11-16/h1-6,8-11,19-20H,7,12-14H2/b21-17-,22-18+. The first-order valence-electron chi connectivity index (χ1n) is 7.63. The number of hydrazone groups is 2. The molecule has 0 spiro atoms. The fraction of sp³-hybridized carbons (Fsp3) is 0.222. The number of nitrogens with zero attached hydrogens (tertiary/aromatic N) is 2. The summed E-state index contributed by atoms with van der Waals surface area (Å²) in [4.78, 5) is 0. The van der Waals surface area contributed by atoms with Gasteiger partial charge in [-0.1, -0.05) is 36.4 Å². The molecule has 22 heavy (non-hydrogen) atoms. The van der Waals surface area contributed by atoms with Gasteiger partial charge in [0.1, 0.15) is 0 Å². The predicted octanol–water partition coefficient (Wildman–Crippen LogP) is 4.50. The third kappa shape index (κ3) is 4.19. The van der Waals surface area contributed by atoms with Crippen LogP contribution in [-0.4, -0.2) is 11.4 Å². The van der Waals surface area contributed by atoms with E-state index in [4.69, 9.17) is 0 Å². The lowest BCUT2D eigenvalue weighted by Crippen LogP contribution is -2.17. The van der Waals surface area contributed by atoms with Crippen LogP contribution in [0.1, 0.15) is 25.7 Å². The average Bonchev–Trinajstić information content (AvgIpc) is 2.60. The van der Waals surface area contributed by atoms with Crippen molar-refractivity contribution >= 4 is 22.8 Å². The molecule has 0 saturated heterocycles. The highest BCUT2D eigenvalue weighted by Crippen LogP contribution is 2.15. The van der Waals surface area contributed by atoms with Crippen molar-refractivity contribution in [3.63, 3.8) is 0 Å². The molecule has 1 aliphatic rings. The Bertz CT molecular complexity index is 590. The van der Waals surface area contributed by atoms with Crippen molar-refractivity contribution in [1.29, 1.82) is 0 Å². The van der Waals surface area contributed by atoms with Gasteiger partial charge >= 0.3 is 0 Å². The first kappa shape index (κ1) is 14.3. The van der Waals surface area contributed by atoms with E-state index in [1.54, 1.807) is 0 Å². The summed E-state index contributed by atoms with van der Waals surface area (Å²) in [7, 11) is 0. The SMILES string of the molecule is c1ccc(N/N=C2/CCC/C(=N\Nc3ccccc3)C2)cc1. The third-order valence-corrected chi connectivity index (χ3v) is 3.57. The summed E-state index contributed by atoms with van der Waals surface area (Å²) in [6.07, 6.45) is 4.00. The van der Waals surface area contributed by atoms with Crippen LogP contribution in [0.5, 0.6) is 0 Å². The summed E-state index contributed by atoms with van der Waals surface area (Å²) in [5, 5.41) is 9.03. The fourth-order valence-corrected chi connectivity index (χ4v) is 2.41. The van der Waals surface area contributed by atoms with Crippen molar-refractivity contribution in [3.8, 4) is 0 Å².